The molecule has 1 unspecified atom stereocenters. The Hall–Kier alpha value is -2.61. The highest BCUT2D eigenvalue weighted by Gasteiger charge is 2.54. The SMILES string of the molecule is CN1C(=O)NC2(CCN(C(=O)NCC3(c4ccccc4)CCOCC3)C2)C1=O. The first-order valence-corrected chi connectivity index (χ1v) is 9.72. The molecule has 1 aromatic rings. The van der Waals surface area contributed by atoms with Gasteiger partial charge in [0.05, 0.1) is 6.54 Å². The number of hydrogen-bond donors (Lipinski definition) is 2. The summed E-state index contributed by atoms with van der Waals surface area (Å²) in [5, 5.41) is 5.82. The molecule has 0 saturated carbocycles. The van der Waals surface area contributed by atoms with Crippen molar-refractivity contribution in [3.05, 3.63) is 35.9 Å². The zero-order valence-corrected chi connectivity index (χ0v) is 16.1. The molecule has 0 aromatic heterocycles. The van der Waals surface area contributed by atoms with Crippen LogP contribution < -0.4 is 10.6 Å². The molecule has 3 fully saturated rings. The van der Waals surface area contributed by atoms with Gasteiger partial charge in [0.25, 0.3) is 5.91 Å². The quantitative estimate of drug-likeness (QED) is 0.761. The molecule has 3 heterocycles. The molecule has 1 aromatic carbocycles. The molecule has 5 amide bonds. The second-order valence-corrected chi connectivity index (χ2v) is 7.97. The number of nitrogens with one attached hydrogen (secondary N) is 2. The minimum absolute atomic E-state index is 0.149. The molecule has 3 saturated heterocycles. The smallest absolute Gasteiger partial charge is 0.324 e. The molecule has 0 aliphatic carbocycles. The van der Waals surface area contributed by atoms with Gasteiger partial charge in [0, 0.05) is 38.8 Å². The van der Waals surface area contributed by atoms with E-state index < -0.39 is 11.6 Å². The number of nitrogens with zero attached hydrogens (tertiary/aromatic N) is 2. The number of likely N-dealkylation sites (N-methyl/N-ethyl adjacent to an activating group) is 1. The van der Waals surface area contributed by atoms with Crippen LogP contribution in [0.2, 0.25) is 0 Å². The van der Waals surface area contributed by atoms with Crippen LogP contribution in [0.5, 0.6) is 0 Å². The van der Waals surface area contributed by atoms with Gasteiger partial charge in [-0.2, -0.15) is 0 Å². The number of likely N-dealkylation sites (tertiary alicyclic amines) is 1. The van der Waals surface area contributed by atoms with Gasteiger partial charge in [0.1, 0.15) is 5.54 Å². The highest BCUT2D eigenvalue weighted by Crippen LogP contribution is 2.34. The summed E-state index contributed by atoms with van der Waals surface area (Å²) in [5.41, 5.74) is 0.0831. The van der Waals surface area contributed by atoms with E-state index in [1.807, 2.05) is 18.2 Å². The Morgan fingerprint density at radius 2 is 1.89 bits per heavy atom. The minimum Gasteiger partial charge on any atom is -0.381 e. The van der Waals surface area contributed by atoms with E-state index in [0.717, 1.165) is 17.7 Å². The Balaban J connectivity index is 1.42. The second kappa shape index (κ2) is 7.09. The van der Waals surface area contributed by atoms with E-state index in [1.54, 1.807) is 4.90 Å². The van der Waals surface area contributed by atoms with Crippen LogP contribution in [0.25, 0.3) is 0 Å². The van der Waals surface area contributed by atoms with Gasteiger partial charge in [-0.3, -0.25) is 9.69 Å². The fourth-order valence-corrected chi connectivity index (χ4v) is 4.49. The van der Waals surface area contributed by atoms with Crippen molar-refractivity contribution in [2.24, 2.45) is 0 Å². The normalized spacial score (nSPS) is 26.6. The summed E-state index contributed by atoms with van der Waals surface area (Å²) in [6.45, 7) is 2.50. The predicted molar refractivity (Wildman–Crippen MR) is 102 cm³/mol. The van der Waals surface area contributed by atoms with Gasteiger partial charge in [-0.15, -0.1) is 0 Å². The van der Waals surface area contributed by atoms with Crippen molar-refractivity contribution in [2.75, 3.05) is 39.9 Å². The van der Waals surface area contributed by atoms with Gasteiger partial charge in [-0.25, -0.2) is 9.59 Å². The lowest BCUT2D eigenvalue weighted by Crippen LogP contribution is -2.52. The maximum atomic E-state index is 12.8. The first-order chi connectivity index (χ1) is 13.5. The van der Waals surface area contributed by atoms with Crippen molar-refractivity contribution < 1.29 is 19.1 Å². The molecule has 8 heteroatoms. The number of amides is 5. The molecule has 0 radical (unpaired) electrons. The lowest BCUT2D eigenvalue weighted by atomic mass is 9.74. The van der Waals surface area contributed by atoms with E-state index in [9.17, 15) is 14.4 Å². The average Bonchev–Trinajstić information content (AvgIpc) is 3.25. The molecule has 1 atom stereocenters. The lowest BCUT2D eigenvalue weighted by Gasteiger charge is -2.38. The third-order valence-corrected chi connectivity index (χ3v) is 6.34. The zero-order chi connectivity index (χ0) is 19.8. The van der Waals surface area contributed by atoms with Crippen LogP contribution in [-0.4, -0.2) is 73.2 Å². The second-order valence-electron chi connectivity index (χ2n) is 7.97. The summed E-state index contributed by atoms with van der Waals surface area (Å²) in [4.78, 5) is 39.8. The van der Waals surface area contributed by atoms with Crippen molar-refractivity contribution in [3.8, 4) is 0 Å². The highest BCUT2D eigenvalue weighted by atomic mass is 16.5. The highest BCUT2D eigenvalue weighted by molar-refractivity contribution is 6.07. The third-order valence-electron chi connectivity index (χ3n) is 6.34. The van der Waals surface area contributed by atoms with E-state index in [-0.39, 0.29) is 23.9 Å². The van der Waals surface area contributed by atoms with E-state index >= 15 is 0 Å². The number of hydrogen-bond acceptors (Lipinski definition) is 4. The molecular weight excluding hydrogens is 360 g/mol. The lowest BCUT2D eigenvalue weighted by molar-refractivity contribution is -0.129. The summed E-state index contributed by atoms with van der Waals surface area (Å²) in [7, 11) is 1.46. The van der Waals surface area contributed by atoms with Crippen LogP contribution in [0.4, 0.5) is 9.59 Å². The minimum atomic E-state index is -0.973. The summed E-state index contributed by atoms with van der Waals surface area (Å²) >= 11 is 0. The molecule has 150 valence electrons. The molecule has 8 nitrogen and oxygen atoms in total. The van der Waals surface area contributed by atoms with Gasteiger partial charge >= 0.3 is 12.1 Å². The van der Waals surface area contributed by atoms with Gasteiger partial charge < -0.3 is 20.3 Å². The Bertz CT molecular complexity index is 778. The van der Waals surface area contributed by atoms with Crippen LogP contribution in [-0.2, 0) is 14.9 Å². The van der Waals surface area contributed by atoms with Crippen LogP contribution >= 0.6 is 0 Å². The van der Waals surface area contributed by atoms with E-state index in [1.165, 1.54) is 12.6 Å². The molecule has 28 heavy (non-hydrogen) atoms. The van der Waals surface area contributed by atoms with E-state index in [4.69, 9.17) is 4.74 Å². The molecule has 4 rings (SSSR count). The number of carbonyl (C=O) groups excluding carboxylic acids is 3. The van der Waals surface area contributed by atoms with Crippen LogP contribution in [0.1, 0.15) is 24.8 Å². The Labute approximate surface area is 164 Å². The summed E-state index contributed by atoms with van der Waals surface area (Å²) in [6.07, 6.45) is 2.13. The van der Waals surface area contributed by atoms with Crippen LogP contribution in [0, 0.1) is 0 Å². The summed E-state index contributed by atoms with van der Waals surface area (Å²) in [6, 6.07) is 9.62. The van der Waals surface area contributed by atoms with Crippen molar-refractivity contribution in [3.63, 3.8) is 0 Å². The standard InChI is InChI=1S/C20H26N4O4/c1-23-16(25)20(22-18(23)27)7-10-24(14-20)17(26)21-13-19(8-11-28-12-9-19)15-5-3-2-4-6-15/h2-6H,7-14H2,1H3,(H,21,26)(H,22,27). The van der Waals surface area contributed by atoms with Crippen molar-refractivity contribution in [1.82, 2.24) is 20.4 Å². The van der Waals surface area contributed by atoms with Crippen molar-refractivity contribution in [2.45, 2.75) is 30.2 Å². The number of imide groups is 1. The molecule has 3 aliphatic heterocycles. The first-order valence-electron chi connectivity index (χ1n) is 9.72. The number of carbonyl (C=O) groups is 3. The fourth-order valence-electron chi connectivity index (χ4n) is 4.49. The Kier molecular flexibility index (Phi) is 4.74. The van der Waals surface area contributed by atoms with Crippen LogP contribution in [0.15, 0.2) is 30.3 Å². The molecule has 3 aliphatic rings. The monoisotopic (exact) mass is 386 g/mol. The number of ether oxygens (including phenoxy) is 1. The van der Waals surface area contributed by atoms with Gasteiger partial charge in [-0.1, -0.05) is 30.3 Å². The van der Waals surface area contributed by atoms with E-state index in [2.05, 4.69) is 22.8 Å². The Morgan fingerprint density at radius 1 is 1.18 bits per heavy atom. The maximum Gasteiger partial charge on any atom is 0.324 e. The molecular formula is C20H26N4O4. The molecule has 2 N–H and O–H groups in total. The van der Waals surface area contributed by atoms with Gasteiger partial charge in [-0.05, 0) is 24.8 Å². The van der Waals surface area contributed by atoms with Gasteiger partial charge in [0.2, 0.25) is 0 Å². The predicted octanol–water partition coefficient (Wildman–Crippen LogP) is 1.07. The zero-order valence-electron chi connectivity index (χ0n) is 16.1. The Morgan fingerprint density at radius 3 is 2.54 bits per heavy atom. The van der Waals surface area contributed by atoms with Crippen molar-refractivity contribution >= 4 is 18.0 Å². The largest absolute Gasteiger partial charge is 0.381 e. The average molecular weight is 386 g/mol. The topological polar surface area (TPSA) is 91.0 Å². The summed E-state index contributed by atoms with van der Waals surface area (Å²) in [5.74, 6) is -0.266. The number of benzene rings is 1. The number of rotatable bonds is 3. The number of urea groups is 2. The van der Waals surface area contributed by atoms with E-state index in [0.29, 0.717) is 32.7 Å². The molecule has 0 bridgehead atoms. The third kappa shape index (κ3) is 3.11. The fraction of sp³-hybridized carbons (Fsp3) is 0.550. The maximum absolute atomic E-state index is 12.8. The molecule has 1 spiro atoms. The van der Waals surface area contributed by atoms with Crippen LogP contribution in [0.3, 0.4) is 0 Å². The first kappa shape index (κ1) is 18.7. The summed E-state index contributed by atoms with van der Waals surface area (Å²) < 4.78 is 5.54. The van der Waals surface area contributed by atoms with Crippen molar-refractivity contribution in [1.29, 1.82) is 0 Å². The van der Waals surface area contributed by atoms with Gasteiger partial charge in [0.15, 0.2) is 0 Å².